The summed E-state index contributed by atoms with van der Waals surface area (Å²) in [6.45, 7) is 3.23. The fourth-order valence-corrected chi connectivity index (χ4v) is 2.25. The number of hydrogen-bond donors (Lipinski definition) is 2. The molecule has 0 unspecified atom stereocenters. The van der Waals surface area contributed by atoms with E-state index < -0.39 is 0 Å². The first-order valence-corrected chi connectivity index (χ1v) is 7.78. The number of nitrogens with zero attached hydrogens (tertiary/aromatic N) is 2. The highest BCUT2D eigenvalue weighted by Crippen LogP contribution is 2.05. The number of hydrogen-bond acceptors (Lipinski definition) is 3. The largest absolute Gasteiger partial charge is 0.395 e. The van der Waals surface area contributed by atoms with Crippen molar-refractivity contribution in [3.05, 3.63) is 65.5 Å². The summed E-state index contributed by atoms with van der Waals surface area (Å²) < 4.78 is 0. The van der Waals surface area contributed by atoms with Crippen molar-refractivity contribution in [1.29, 1.82) is 0 Å². The maximum absolute atomic E-state index is 12.3. The minimum absolute atomic E-state index is 0.0534. The molecular weight excluding hydrogens is 290 g/mol. The molecule has 2 aromatic rings. The lowest BCUT2D eigenvalue weighted by Gasteiger charge is -2.22. The fourth-order valence-electron chi connectivity index (χ4n) is 2.25. The lowest BCUT2D eigenvalue weighted by Crippen LogP contribution is -2.41. The third-order valence-electron chi connectivity index (χ3n) is 3.54. The van der Waals surface area contributed by atoms with E-state index >= 15 is 0 Å². The van der Waals surface area contributed by atoms with Crippen LogP contribution < -0.4 is 5.32 Å². The Balaban J connectivity index is 1.84. The monoisotopic (exact) mass is 313 g/mol. The summed E-state index contributed by atoms with van der Waals surface area (Å²) in [5.74, 6) is 0. The number of benzene rings is 1. The molecule has 2 amide bonds. The van der Waals surface area contributed by atoms with Crippen LogP contribution in [0.3, 0.4) is 0 Å². The molecule has 2 N–H and O–H groups in total. The van der Waals surface area contributed by atoms with Crippen molar-refractivity contribution in [2.75, 3.05) is 19.7 Å². The summed E-state index contributed by atoms with van der Waals surface area (Å²) in [6, 6.07) is 13.6. The molecule has 0 saturated heterocycles. The summed E-state index contributed by atoms with van der Waals surface area (Å²) in [6.07, 6.45) is 2.56. The van der Waals surface area contributed by atoms with Gasteiger partial charge in [0.25, 0.3) is 0 Å². The Labute approximate surface area is 137 Å². The standard InChI is InChI=1S/C18H23N3O2/c1-15-7-8-16(13-20-15)9-10-19-18(23)21(11-12-22)14-17-5-3-2-4-6-17/h2-8,13,22H,9-12,14H2,1H3,(H,19,23). The molecule has 0 fully saturated rings. The van der Waals surface area contributed by atoms with Crippen LogP contribution in [0, 0.1) is 6.92 Å². The quantitative estimate of drug-likeness (QED) is 0.823. The zero-order chi connectivity index (χ0) is 16.5. The average Bonchev–Trinajstić information content (AvgIpc) is 2.57. The number of carbonyl (C=O) groups excluding carboxylic acids is 1. The minimum Gasteiger partial charge on any atom is -0.395 e. The molecule has 0 aliphatic heterocycles. The lowest BCUT2D eigenvalue weighted by molar-refractivity contribution is 0.174. The van der Waals surface area contributed by atoms with Gasteiger partial charge in [-0.1, -0.05) is 36.4 Å². The summed E-state index contributed by atoms with van der Waals surface area (Å²) in [5.41, 5.74) is 3.11. The number of aromatic nitrogens is 1. The van der Waals surface area contributed by atoms with Crippen LogP contribution in [-0.4, -0.2) is 40.7 Å². The second-order valence-corrected chi connectivity index (χ2v) is 5.42. The van der Waals surface area contributed by atoms with Crippen LogP contribution in [0.15, 0.2) is 48.7 Å². The van der Waals surface area contributed by atoms with Crippen molar-refractivity contribution in [3.63, 3.8) is 0 Å². The molecule has 1 aromatic heterocycles. The van der Waals surface area contributed by atoms with E-state index in [1.54, 1.807) is 4.90 Å². The molecule has 0 atom stereocenters. The smallest absolute Gasteiger partial charge is 0.317 e. The number of rotatable bonds is 7. The first kappa shape index (κ1) is 17.0. The third kappa shape index (κ3) is 5.71. The number of urea groups is 1. The summed E-state index contributed by atoms with van der Waals surface area (Å²) >= 11 is 0. The number of carbonyl (C=O) groups is 1. The highest BCUT2D eigenvalue weighted by Gasteiger charge is 2.12. The Bertz CT molecular complexity index is 599. The van der Waals surface area contributed by atoms with E-state index in [1.165, 1.54) is 0 Å². The molecule has 1 aromatic carbocycles. The van der Waals surface area contributed by atoms with Crippen molar-refractivity contribution in [1.82, 2.24) is 15.2 Å². The van der Waals surface area contributed by atoms with Gasteiger partial charge < -0.3 is 15.3 Å². The van der Waals surface area contributed by atoms with Gasteiger partial charge in [0, 0.05) is 31.5 Å². The predicted octanol–water partition coefficient (Wildman–Crippen LogP) is 2.14. The lowest BCUT2D eigenvalue weighted by atomic mass is 10.2. The minimum atomic E-state index is -0.164. The molecule has 122 valence electrons. The summed E-state index contributed by atoms with van der Waals surface area (Å²) in [4.78, 5) is 18.1. The summed E-state index contributed by atoms with van der Waals surface area (Å²) in [5, 5.41) is 12.1. The number of aliphatic hydroxyl groups is 1. The van der Waals surface area contributed by atoms with Crippen molar-refractivity contribution < 1.29 is 9.90 Å². The molecule has 5 heteroatoms. The SMILES string of the molecule is Cc1ccc(CCNC(=O)N(CCO)Cc2ccccc2)cn1. The van der Waals surface area contributed by atoms with Gasteiger partial charge >= 0.3 is 6.03 Å². The van der Waals surface area contributed by atoms with Crippen LogP contribution in [0.1, 0.15) is 16.8 Å². The van der Waals surface area contributed by atoms with E-state index in [0.717, 1.165) is 23.2 Å². The molecule has 5 nitrogen and oxygen atoms in total. The van der Waals surface area contributed by atoms with E-state index in [4.69, 9.17) is 5.11 Å². The molecule has 0 radical (unpaired) electrons. The van der Waals surface area contributed by atoms with E-state index in [9.17, 15) is 4.79 Å². The molecule has 0 saturated carbocycles. The predicted molar refractivity (Wildman–Crippen MR) is 90.0 cm³/mol. The molecule has 2 rings (SSSR count). The maximum atomic E-state index is 12.3. The zero-order valence-electron chi connectivity index (χ0n) is 13.4. The van der Waals surface area contributed by atoms with Crippen molar-refractivity contribution in [3.8, 4) is 0 Å². The third-order valence-corrected chi connectivity index (χ3v) is 3.54. The normalized spacial score (nSPS) is 10.3. The van der Waals surface area contributed by atoms with Gasteiger partial charge in [-0.15, -0.1) is 0 Å². The molecule has 0 bridgehead atoms. The number of nitrogens with one attached hydrogen (secondary N) is 1. The van der Waals surface area contributed by atoms with E-state index in [0.29, 0.717) is 19.6 Å². The van der Waals surface area contributed by atoms with Crippen LogP contribution in [0.4, 0.5) is 4.79 Å². The molecule has 1 heterocycles. The van der Waals surface area contributed by atoms with E-state index in [-0.39, 0.29) is 12.6 Å². The van der Waals surface area contributed by atoms with Gasteiger partial charge in [-0.25, -0.2) is 4.79 Å². The second-order valence-electron chi connectivity index (χ2n) is 5.42. The van der Waals surface area contributed by atoms with Crippen LogP contribution in [-0.2, 0) is 13.0 Å². The molecule has 23 heavy (non-hydrogen) atoms. The van der Waals surface area contributed by atoms with Crippen LogP contribution in [0.2, 0.25) is 0 Å². The van der Waals surface area contributed by atoms with Gasteiger partial charge in [0.1, 0.15) is 0 Å². The van der Waals surface area contributed by atoms with Gasteiger partial charge in [0.05, 0.1) is 6.61 Å². The highest BCUT2D eigenvalue weighted by atomic mass is 16.3. The molecule has 0 aliphatic rings. The average molecular weight is 313 g/mol. The highest BCUT2D eigenvalue weighted by molar-refractivity contribution is 5.74. The first-order chi connectivity index (χ1) is 11.2. The Morgan fingerprint density at radius 3 is 2.61 bits per heavy atom. The fraction of sp³-hybridized carbons (Fsp3) is 0.333. The Kier molecular flexibility index (Phi) is 6.56. The number of pyridine rings is 1. The van der Waals surface area contributed by atoms with Crippen molar-refractivity contribution in [2.24, 2.45) is 0 Å². The first-order valence-electron chi connectivity index (χ1n) is 7.78. The molecular formula is C18H23N3O2. The van der Waals surface area contributed by atoms with Gasteiger partial charge in [-0.05, 0) is 30.5 Å². The van der Waals surface area contributed by atoms with Crippen LogP contribution >= 0.6 is 0 Å². The molecule has 0 spiro atoms. The van der Waals surface area contributed by atoms with Crippen LogP contribution in [0.5, 0.6) is 0 Å². The summed E-state index contributed by atoms with van der Waals surface area (Å²) in [7, 11) is 0. The Morgan fingerprint density at radius 2 is 1.96 bits per heavy atom. The zero-order valence-corrected chi connectivity index (χ0v) is 13.4. The second kappa shape index (κ2) is 8.90. The number of amides is 2. The topological polar surface area (TPSA) is 65.5 Å². The van der Waals surface area contributed by atoms with E-state index in [2.05, 4.69) is 10.3 Å². The number of aryl methyl sites for hydroxylation is 1. The van der Waals surface area contributed by atoms with Crippen molar-refractivity contribution >= 4 is 6.03 Å². The van der Waals surface area contributed by atoms with Crippen molar-refractivity contribution in [2.45, 2.75) is 19.9 Å². The van der Waals surface area contributed by atoms with Gasteiger partial charge in [0.2, 0.25) is 0 Å². The Hall–Kier alpha value is -2.40. The number of aliphatic hydroxyl groups excluding tert-OH is 1. The van der Waals surface area contributed by atoms with Gasteiger partial charge in [0.15, 0.2) is 0 Å². The Morgan fingerprint density at radius 1 is 1.17 bits per heavy atom. The van der Waals surface area contributed by atoms with Gasteiger partial charge in [-0.2, -0.15) is 0 Å². The van der Waals surface area contributed by atoms with Gasteiger partial charge in [-0.3, -0.25) is 4.98 Å². The van der Waals surface area contributed by atoms with Crippen LogP contribution in [0.25, 0.3) is 0 Å². The molecule has 0 aliphatic carbocycles. The van der Waals surface area contributed by atoms with E-state index in [1.807, 2.05) is 55.6 Å². The maximum Gasteiger partial charge on any atom is 0.317 e.